The number of nitrogens with two attached hydrogens (primary N) is 1. The monoisotopic (exact) mass is 349 g/mol. The Kier molecular flexibility index (Phi) is 5.74. The van der Waals surface area contributed by atoms with E-state index in [1.54, 1.807) is 18.4 Å². The smallest absolute Gasteiger partial charge is 0.251 e. The van der Waals surface area contributed by atoms with E-state index in [1.807, 2.05) is 37.8 Å². The Morgan fingerprint density at radius 3 is 2.62 bits per heavy atom. The van der Waals surface area contributed by atoms with E-state index in [2.05, 4.69) is 15.7 Å². The summed E-state index contributed by atoms with van der Waals surface area (Å²) in [6, 6.07) is 1.30. The third-order valence-electron chi connectivity index (χ3n) is 3.95. The van der Waals surface area contributed by atoms with Crippen LogP contribution in [0.2, 0.25) is 0 Å². The molecule has 2 aromatic rings. The molecule has 0 saturated heterocycles. The number of rotatable bonds is 7. The van der Waals surface area contributed by atoms with Gasteiger partial charge in [-0.2, -0.15) is 5.10 Å². The number of nitrogens with zero attached hydrogens (tertiary/aromatic N) is 2. The summed E-state index contributed by atoms with van der Waals surface area (Å²) < 4.78 is 1.88. The van der Waals surface area contributed by atoms with Crippen molar-refractivity contribution in [3.63, 3.8) is 0 Å². The lowest BCUT2D eigenvalue weighted by Gasteiger charge is -2.25. The minimum Gasteiger partial charge on any atom is -0.366 e. The molecule has 3 atom stereocenters. The van der Waals surface area contributed by atoms with Gasteiger partial charge in [0.1, 0.15) is 5.00 Å². The predicted octanol–water partition coefficient (Wildman–Crippen LogP) is 1.92. The molecule has 0 fully saturated rings. The quantitative estimate of drug-likeness (QED) is 0.710. The fourth-order valence-electron chi connectivity index (χ4n) is 2.31. The lowest BCUT2D eigenvalue weighted by molar-refractivity contribution is -0.118. The fraction of sp³-hybridized carbons (Fsp3) is 0.438. The van der Waals surface area contributed by atoms with Crippen LogP contribution in [0.5, 0.6) is 0 Å². The van der Waals surface area contributed by atoms with Crippen LogP contribution < -0.4 is 16.4 Å². The molecule has 4 N–H and O–H groups in total. The maximum atomic E-state index is 12.3. The van der Waals surface area contributed by atoms with E-state index in [0.717, 1.165) is 5.56 Å². The number of primary amides is 1. The molecule has 0 aliphatic heterocycles. The summed E-state index contributed by atoms with van der Waals surface area (Å²) in [6.45, 7) is 7.82. The highest BCUT2D eigenvalue weighted by Crippen LogP contribution is 2.22. The Hall–Kier alpha value is -2.19. The van der Waals surface area contributed by atoms with Crippen LogP contribution in [-0.2, 0) is 4.79 Å². The van der Waals surface area contributed by atoms with E-state index in [0.29, 0.717) is 10.6 Å². The summed E-state index contributed by atoms with van der Waals surface area (Å²) in [4.78, 5) is 23.7. The first-order chi connectivity index (χ1) is 11.3. The van der Waals surface area contributed by atoms with Gasteiger partial charge in [0, 0.05) is 12.2 Å². The molecule has 0 aromatic carbocycles. The number of hydrogen-bond donors (Lipinski definition) is 3. The summed E-state index contributed by atoms with van der Waals surface area (Å²) in [7, 11) is 0. The van der Waals surface area contributed by atoms with Crippen LogP contribution >= 0.6 is 11.3 Å². The molecule has 130 valence electrons. The summed E-state index contributed by atoms with van der Waals surface area (Å²) in [5, 5.41) is 12.5. The van der Waals surface area contributed by atoms with E-state index in [1.165, 1.54) is 11.3 Å². The molecule has 8 heteroatoms. The van der Waals surface area contributed by atoms with Gasteiger partial charge in [-0.05, 0) is 44.7 Å². The Bertz CT molecular complexity index is 724. The highest BCUT2D eigenvalue weighted by molar-refractivity contribution is 7.14. The van der Waals surface area contributed by atoms with Crippen LogP contribution in [0.3, 0.4) is 0 Å². The normalized spacial score (nSPS) is 14.8. The zero-order valence-corrected chi connectivity index (χ0v) is 15.1. The molecule has 0 unspecified atom stereocenters. The molecule has 2 rings (SSSR count). The van der Waals surface area contributed by atoms with Crippen LogP contribution in [0.15, 0.2) is 23.8 Å². The highest BCUT2D eigenvalue weighted by Gasteiger charge is 2.22. The van der Waals surface area contributed by atoms with Gasteiger partial charge in [0.05, 0.1) is 23.8 Å². The molecule has 2 amide bonds. The van der Waals surface area contributed by atoms with E-state index >= 15 is 0 Å². The topological polar surface area (TPSA) is 102 Å². The lowest BCUT2D eigenvalue weighted by Crippen LogP contribution is -2.45. The molecule has 7 nitrogen and oxygen atoms in total. The third kappa shape index (κ3) is 4.21. The minimum atomic E-state index is -0.553. The molecule has 24 heavy (non-hydrogen) atoms. The number of hydrogen-bond acceptors (Lipinski definition) is 5. The van der Waals surface area contributed by atoms with Gasteiger partial charge >= 0.3 is 0 Å². The number of aryl methyl sites for hydroxylation is 1. The average molecular weight is 349 g/mol. The van der Waals surface area contributed by atoms with Crippen molar-refractivity contribution < 1.29 is 9.59 Å². The zero-order valence-electron chi connectivity index (χ0n) is 14.2. The summed E-state index contributed by atoms with van der Waals surface area (Å²) in [5.41, 5.74) is 6.71. The van der Waals surface area contributed by atoms with E-state index in [-0.39, 0.29) is 18.0 Å². The van der Waals surface area contributed by atoms with Gasteiger partial charge in [-0.25, -0.2) is 0 Å². The van der Waals surface area contributed by atoms with Crippen molar-refractivity contribution in [2.75, 3.05) is 5.32 Å². The van der Waals surface area contributed by atoms with Gasteiger partial charge in [-0.1, -0.05) is 0 Å². The number of aromatic nitrogens is 2. The Balaban J connectivity index is 1.95. The Morgan fingerprint density at radius 1 is 1.33 bits per heavy atom. The lowest BCUT2D eigenvalue weighted by atomic mass is 10.1. The highest BCUT2D eigenvalue weighted by atomic mass is 32.1. The van der Waals surface area contributed by atoms with Crippen LogP contribution in [0.1, 0.15) is 42.7 Å². The Morgan fingerprint density at radius 2 is 2.04 bits per heavy atom. The molecular formula is C16H23N5O2S. The minimum absolute atomic E-state index is 0.0315. The van der Waals surface area contributed by atoms with Gasteiger partial charge in [0.25, 0.3) is 5.91 Å². The predicted molar refractivity (Wildman–Crippen MR) is 95.2 cm³/mol. The molecule has 2 aromatic heterocycles. The molecule has 0 aliphatic rings. The van der Waals surface area contributed by atoms with Gasteiger partial charge in [-0.3, -0.25) is 14.3 Å². The van der Waals surface area contributed by atoms with Gasteiger partial charge in [0.2, 0.25) is 5.91 Å². The largest absolute Gasteiger partial charge is 0.366 e. The molecule has 2 heterocycles. The average Bonchev–Trinajstić information content (AvgIpc) is 3.15. The van der Waals surface area contributed by atoms with Crippen molar-refractivity contribution in [1.82, 2.24) is 15.1 Å². The first-order valence-electron chi connectivity index (χ1n) is 7.74. The first-order valence-corrected chi connectivity index (χ1v) is 8.62. The standard InChI is InChI=1S/C16H23N5O2S/c1-9-7-18-21(8-9)12(4)10(2)19-11(3)15(23)20-16-13(14(17)22)5-6-24-16/h5-8,10-12,19H,1-4H3,(H2,17,22)(H,20,23)/t10-,11+,12-/m1/s1. The molecule has 0 radical (unpaired) electrons. The first kappa shape index (κ1) is 18.2. The maximum Gasteiger partial charge on any atom is 0.251 e. The number of carbonyl (C=O) groups excluding carboxylic acids is 2. The van der Waals surface area contributed by atoms with Crippen molar-refractivity contribution in [2.45, 2.75) is 45.8 Å². The number of thiophene rings is 1. The number of anilines is 1. The fourth-order valence-corrected chi connectivity index (χ4v) is 3.11. The van der Waals surface area contributed by atoms with Crippen LogP contribution in [0, 0.1) is 6.92 Å². The van der Waals surface area contributed by atoms with Crippen LogP contribution in [0.4, 0.5) is 5.00 Å². The number of carbonyl (C=O) groups is 2. The number of nitrogens with one attached hydrogen (secondary N) is 2. The molecule has 0 aliphatic carbocycles. The number of amides is 2. The summed E-state index contributed by atoms with van der Waals surface area (Å²) in [5.74, 6) is -0.765. The van der Waals surface area contributed by atoms with E-state index in [9.17, 15) is 9.59 Å². The van der Waals surface area contributed by atoms with Crippen molar-refractivity contribution in [2.24, 2.45) is 5.73 Å². The van der Waals surface area contributed by atoms with Crippen molar-refractivity contribution in [3.8, 4) is 0 Å². The van der Waals surface area contributed by atoms with Crippen molar-refractivity contribution in [1.29, 1.82) is 0 Å². The molecule has 0 spiro atoms. The summed E-state index contributed by atoms with van der Waals surface area (Å²) >= 11 is 1.27. The molecule has 0 saturated carbocycles. The van der Waals surface area contributed by atoms with Gasteiger partial charge < -0.3 is 16.4 Å². The second-order valence-corrected chi connectivity index (χ2v) is 6.85. The maximum absolute atomic E-state index is 12.3. The second kappa shape index (κ2) is 7.59. The SMILES string of the molecule is Cc1cnn([C@H](C)[C@@H](C)N[C@@H](C)C(=O)Nc2sccc2C(N)=O)c1. The Labute approximate surface area is 145 Å². The van der Waals surface area contributed by atoms with E-state index in [4.69, 9.17) is 5.73 Å². The zero-order chi connectivity index (χ0) is 17.9. The third-order valence-corrected chi connectivity index (χ3v) is 4.77. The van der Waals surface area contributed by atoms with E-state index < -0.39 is 11.9 Å². The van der Waals surface area contributed by atoms with Gasteiger partial charge in [0.15, 0.2) is 0 Å². The van der Waals surface area contributed by atoms with Crippen LogP contribution in [-0.4, -0.2) is 33.7 Å². The van der Waals surface area contributed by atoms with Crippen molar-refractivity contribution in [3.05, 3.63) is 35.0 Å². The second-order valence-electron chi connectivity index (χ2n) is 5.93. The van der Waals surface area contributed by atoms with Crippen molar-refractivity contribution >= 4 is 28.2 Å². The molecule has 0 bridgehead atoms. The molecular weight excluding hydrogens is 326 g/mol. The van der Waals surface area contributed by atoms with Gasteiger partial charge in [-0.15, -0.1) is 11.3 Å². The van der Waals surface area contributed by atoms with Crippen LogP contribution in [0.25, 0.3) is 0 Å². The summed E-state index contributed by atoms with van der Waals surface area (Å²) in [6.07, 6.45) is 3.78.